The van der Waals surface area contributed by atoms with Crippen LogP contribution in [-0.2, 0) is 4.79 Å². The highest BCUT2D eigenvalue weighted by molar-refractivity contribution is 5.94. The van der Waals surface area contributed by atoms with E-state index in [0.717, 1.165) is 25.7 Å². The number of allylic oxidation sites excluding steroid dienone is 2. The van der Waals surface area contributed by atoms with E-state index in [-0.39, 0.29) is 5.41 Å². The van der Waals surface area contributed by atoms with Crippen LogP contribution in [0, 0.1) is 5.41 Å². The molecule has 0 radical (unpaired) electrons. The molecule has 0 aromatic rings. The van der Waals surface area contributed by atoms with E-state index in [9.17, 15) is 4.79 Å². The summed E-state index contributed by atoms with van der Waals surface area (Å²) in [7, 11) is 0. The molecule has 0 aromatic carbocycles. The summed E-state index contributed by atoms with van der Waals surface area (Å²) in [6, 6.07) is 0. The van der Waals surface area contributed by atoms with Crippen LogP contribution in [0.2, 0.25) is 0 Å². The van der Waals surface area contributed by atoms with Crippen LogP contribution in [0.25, 0.3) is 0 Å². The zero-order valence-corrected chi connectivity index (χ0v) is 8.31. The molecule has 0 aliphatic heterocycles. The summed E-state index contributed by atoms with van der Waals surface area (Å²) >= 11 is 0. The van der Waals surface area contributed by atoms with Gasteiger partial charge in [-0.05, 0) is 30.8 Å². The molecule has 0 saturated carbocycles. The third kappa shape index (κ3) is 1.33. The molecule has 0 atom stereocenters. The Labute approximate surface area is 74.9 Å². The van der Waals surface area contributed by atoms with Gasteiger partial charge in [0.1, 0.15) is 0 Å². The van der Waals surface area contributed by atoms with E-state index >= 15 is 0 Å². The van der Waals surface area contributed by atoms with E-state index in [2.05, 4.69) is 20.8 Å². The van der Waals surface area contributed by atoms with Gasteiger partial charge in [-0.1, -0.05) is 26.3 Å². The first-order valence-electron chi connectivity index (χ1n) is 4.92. The van der Waals surface area contributed by atoms with Crippen LogP contribution in [0.1, 0.15) is 46.5 Å². The van der Waals surface area contributed by atoms with Crippen molar-refractivity contribution in [3.8, 4) is 0 Å². The average molecular weight is 166 g/mol. The topological polar surface area (TPSA) is 17.1 Å². The lowest BCUT2D eigenvalue weighted by atomic mass is 9.75. The largest absolute Gasteiger partial charge is 0.295 e. The van der Waals surface area contributed by atoms with Crippen molar-refractivity contribution in [3.05, 3.63) is 11.6 Å². The summed E-state index contributed by atoms with van der Waals surface area (Å²) in [5.74, 6) is 0.329. The highest BCUT2D eigenvalue weighted by atomic mass is 16.1. The maximum atomic E-state index is 11.3. The number of ketones is 1. The lowest BCUT2D eigenvalue weighted by Crippen LogP contribution is -2.18. The Balaban J connectivity index is 2.91. The zero-order valence-electron chi connectivity index (χ0n) is 8.31. The fraction of sp³-hybridized carbons (Fsp3) is 0.727. The molecule has 0 N–H and O–H groups in total. The molecule has 0 spiro atoms. The van der Waals surface area contributed by atoms with Crippen LogP contribution in [0.4, 0.5) is 0 Å². The van der Waals surface area contributed by atoms with Gasteiger partial charge in [-0.3, -0.25) is 4.79 Å². The molecule has 0 fully saturated rings. The summed E-state index contributed by atoms with van der Waals surface area (Å²) in [5.41, 5.74) is 1.60. The average Bonchev–Trinajstić information content (AvgIpc) is 2.42. The van der Waals surface area contributed by atoms with Crippen molar-refractivity contribution in [3.63, 3.8) is 0 Å². The normalized spacial score (nSPS) is 21.2. The van der Waals surface area contributed by atoms with E-state index < -0.39 is 0 Å². The molecule has 0 bridgehead atoms. The van der Waals surface area contributed by atoms with Gasteiger partial charge >= 0.3 is 0 Å². The SMILES string of the molecule is CCC1=CC(=O)CC1(CC)CC. The number of hydrogen-bond acceptors (Lipinski definition) is 1. The molecule has 1 heteroatoms. The Bertz CT molecular complexity index is 209. The van der Waals surface area contributed by atoms with Gasteiger partial charge in [-0.25, -0.2) is 0 Å². The Morgan fingerprint density at radius 2 is 1.92 bits per heavy atom. The molecule has 0 unspecified atom stereocenters. The summed E-state index contributed by atoms with van der Waals surface area (Å²) in [5, 5.41) is 0. The standard InChI is InChI=1S/C11H18O/c1-4-9-7-10(12)8-11(9,5-2)6-3/h7H,4-6,8H2,1-3H3. The first-order chi connectivity index (χ1) is 5.68. The first kappa shape index (κ1) is 9.50. The van der Waals surface area contributed by atoms with Gasteiger partial charge in [0, 0.05) is 6.42 Å². The Kier molecular flexibility index (Phi) is 2.71. The molecule has 1 aliphatic carbocycles. The van der Waals surface area contributed by atoms with E-state index in [1.165, 1.54) is 5.57 Å². The second kappa shape index (κ2) is 3.42. The van der Waals surface area contributed by atoms with E-state index in [1.807, 2.05) is 6.08 Å². The predicted molar refractivity (Wildman–Crippen MR) is 51.0 cm³/mol. The van der Waals surface area contributed by atoms with Gasteiger partial charge in [0.25, 0.3) is 0 Å². The number of carbonyl (C=O) groups excluding carboxylic acids is 1. The van der Waals surface area contributed by atoms with Gasteiger partial charge in [0.05, 0.1) is 0 Å². The molecule has 1 rings (SSSR count). The van der Waals surface area contributed by atoms with Gasteiger partial charge in [-0.2, -0.15) is 0 Å². The van der Waals surface area contributed by atoms with Crippen LogP contribution in [0.15, 0.2) is 11.6 Å². The van der Waals surface area contributed by atoms with Crippen LogP contribution >= 0.6 is 0 Å². The molecule has 0 amide bonds. The molecule has 0 heterocycles. The second-order valence-corrected chi connectivity index (χ2v) is 3.65. The van der Waals surface area contributed by atoms with Crippen molar-refractivity contribution in [1.82, 2.24) is 0 Å². The molecule has 0 aromatic heterocycles. The summed E-state index contributed by atoms with van der Waals surface area (Å²) < 4.78 is 0. The molecular weight excluding hydrogens is 148 g/mol. The Hall–Kier alpha value is -0.590. The third-order valence-electron chi connectivity index (χ3n) is 3.26. The van der Waals surface area contributed by atoms with Crippen LogP contribution in [0.5, 0.6) is 0 Å². The number of rotatable bonds is 3. The van der Waals surface area contributed by atoms with Crippen LogP contribution < -0.4 is 0 Å². The van der Waals surface area contributed by atoms with Gasteiger partial charge in [-0.15, -0.1) is 0 Å². The lowest BCUT2D eigenvalue weighted by molar-refractivity contribution is -0.115. The Morgan fingerprint density at radius 3 is 2.25 bits per heavy atom. The third-order valence-corrected chi connectivity index (χ3v) is 3.26. The van der Waals surface area contributed by atoms with Gasteiger partial charge in [0.15, 0.2) is 5.78 Å². The summed E-state index contributed by atoms with van der Waals surface area (Å²) in [4.78, 5) is 11.3. The van der Waals surface area contributed by atoms with Crippen molar-refractivity contribution in [2.45, 2.75) is 46.5 Å². The van der Waals surface area contributed by atoms with Crippen molar-refractivity contribution >= 4 is 5.78 Å². The van der Waals surface area contributed by atoms with Crippen molar-refractivity contribution in [2.24, 2.45) is 5.41 Å². The molecule has 0 saturated heterocycles. The van der Waals surface area contributed by atoms with Crippen LogP contribution in [0.3, 0.4) is 0 Å². The maximum absolute atomic E-state index is 11.3. The maximum Gasteiger partial charge on any atom is 0.156 e. The minimum atomic E-state index is 0.228. The first-order valence-corrected chi connectivity index (χ1v) is 4.92. The van der Waals surface area contributed by atoms with Crippen LogP contribution in [-0.4, -0.2) is 5.78 Å². The van der Waals surface area contributed by atoms with Gasteiger partial charge in [0.2, 0.25) is 0 Å². The van der Waals surface area contributed by atoms with Crippen molar-refractivity contribution < 1.29 is 4.79 Å². The molecule has 12 heavy (non-hydrogen) atoms. The lowest BCUT2D eigenvalue weighted by Gasteiger charge is -2.28. The van der Waals surface area contributed by atoms with Crippen molar-refractivity contribution in [2.75, 3.05) is 0 Å². The molecular formula is C11H18O. The highest BCUT2D eigenvalue weighted by Crippen LogP contribution is 2.44. The fourth-order valence-corrected chi connectivity index (χ4v) is 2.28. The van der Waals surface area contributed by atoms with E-state index in [0.29, 0.717) is 5.78 Å². The van der Waals surface area contributed by atoms with E-state index in [4.69, 9.17) is 0 Å². The van der Waals surface area contributed by atoms with Gasteiger partial charge < -0.3 is 0 Å². The molecule has 1 nitrogen and oxygen atoms in total. The Morgan fingerprint density at radius 1 is 1.33 bits per heavy atom. The molecule has 1 aliphatic rings. The summed E-state index contributed by atoms with van der Waals surface area (Å²) in [6.45, 7) is 6.52. The smallest absolute Gasteiger partial charge is 0.156 e. The quantitative estimate of drug-likeness (QED) is 0.629. The molecule has 68 valence electrons. The number of hydrogen-bond donors (Lipinski definition) is 0. The minimum absolute atomic E-state index is 0.228. The monoisotopic (exact) mass is 166 g/mol. The zero-order chi connectivity index (χ0) is 9.19. The highest BCUT2D eigenvalue weighted by Gasteiger charge is 2.36. The van der Waals surface area contributed by atoms with E-state index in [1.54, 1.807) is 0 Å². The second-order valence-electron chi connectivity index (χ2n) is 3.65. The van der Waals surface area contributed by atoms with Crippen molar-refractivity contribution in [1.29, 1.82) is 0 Å². The summed E-state index contributed by atoms with van der Waals surface area (Å²) in [6.07, 6.45) is 5.87. The predicted octanol–water partition coefficient (Wildman–Crippen LogP) is 3.10. The fourth-order valence-electron chi connectivity index (χ4n) is 2.28. The minimum Gasteiger partial charge on any atom is -0.295 e. The number of carbonyl (C=O) groups is 1.